The molecule has 0 saturated carbocycles. The van der Waals surface area contributed by atoms with Gasteiger partial charge in [0, 0.05) is 29.9 Å². The lowest BCUT2D eigenvalue weighted by molar-refractivity contribution is 0.0548. The Bertz CT molecular complexity index is 895. The molecule has 2 aliphatic heterocycles. The minimum absolute atomic E-state index is 0.0660. The first-order valence-corrected chi connectivity index (χ1v) is 9.92. The molecule has 2 saturated heterocycles. The first-order chi connectivity index (χ1) is 13.4. The highest BCUT2D eigenvalue weighted by Crippen LogP contribution is 2.37. The normalized spacial score (nSPS) is 23.5. The van der Waals surface area contributed by atoms with Crippen LogP contribution in [-0.2, 0) is 0 Å². The Labute approximate surface area is 165 Å². The smallest absolute Gasteiger partial charge is 0.271 e. The van der Waals surface area contributed by atoms with E-state index in [0.717, 1.165) is 48.1 Å². The van der Waals surface area contributed by atoms with E-state index in [1.807, 2.05) is 32.9 Å². The van der Waals surface area contributed by atoms with E-state index in [9.17, 15) is 9.59 Å². The highest BCUT2D eigenvalue weighted by atomic mass is 16.2. The first kappa shape index (κ1) is 18.6. The summed E-state index contributed by atoms with van der Waals surface area (Å²) >= 11 is 0. The average molecular weight is 378 g/mol. The summed E-state index contributed by atoms with van der Waals surface area (Å²) in [5.41, 5.74) is 4.11. The van der Waals surface area contributed by atoms with E-state index in [1.54, 1.807) is 6.20 Å². The Balaban J connectivity index is 1.45. The molecule has 0 spiro atoms. The van der Waals surface area contributed by atoms with Crippen LogP contribution in [0.25, 0.3) is 0 Å². The van der Waals surface area contributed by atoms with Crippen molar-refractivity contribution in [3.63, 3.8) is 0 Å². The number of rotatable bonds is 3. The van der Waals surface area contributed by atoms with Gasteiger partial charge in [0.15, 0.2) is 0 Å². The second kappa shape index (κ2) is 7.34. The van der Waals surface area contributed by atoms with Crippen molar-refractivity contribution >= 4 is 11.8 Å². The Morgan fingerprint density at radius 1 is 1.04 bits per heavy atom. The molecule has 0 radical (unpaired) electrons. The van der Waals surface area contributed by atoms with Crippen LogP contribution in [0.1, 0.15) is 63.4 Å². The van der Waals surface area contributed by atoms with E-state index in [2.05, 4.69) is 26.3 Å². The Hall–Kier alpha value is -2.76. The second-order valence-corrected chi connectivity index (χ2v) is 8.10. The molecular weight excluding hydrogens is 352 g/mol. The summed E-state index contributed by atoms with van der Waals surface area (Å²) in [6.45, 7) is 5.88. The number of nitrogens with zero attached hydrogens (tertiary/aromatic N) is 3. The Morgan fingerprint density at radius 2 is 1.75 bits per heavy atom. The average Bonchev–Trinajstić information content (AvgIpc) is 2.92. The summed E-state index contributed by atoms with van der Waals surface area (Å²) in [5, 5.41) is 3.09. The van der Waals surface area contributed by atoms with E-state index < -0.39 is 0 Å². The van der Waals surface area contributed by atoms with Crippen molar-refractivity contribution in [1.29, 1.82) is 0 Å². The van der Waals surface area contributed by atoms with Gasteiger partial charge in [0.05, 0.1) is 11.9 Å². The van der Waals surface area contributed by atoms with E-state index >= 15 is 0 Å². The number of benzene rings is 1. The third-order valence-electron chi connectivity index (χ3n) is 5.93. The fourth-order valence-electron chi connectivity index (χ4n) is 4.59. The molecule has 6 heteroatoms. The number of nitrogens with one attached hydrogen (secondary N) is 1. The molecule has 2 amide bonds. The number of hydrogen-bond acceptors (Lipinski definition) is 4. The van der Waals surface area contributed by atoms with Crippen molar-refractivity contribution in [3.05, 3.63) is 58.7 Å². The van der Waals surface area contributed by atoms with E-state index in [4.69, 9.17) is 0 Å². The van der Waals surface area contributed by atoms with Crippen LogP contribution in [0.4, 0.5) is 0 Å². The minimum Gasteiger partial charge on any atom is -0.348 e. The molecular formula is C22H26N4O2. The number of aryl methyl sites for hydroxylation is 3. The zero-order valence-electron chi connectivity index (χ0n) is 16.6. The molecule has 2 aliphatic rings. The predicted octanol–water partition coefficient (Wildman–Crippen LogP) is 2.97. The fourth-order valence-corrected chi connectivity index (χ4v) is 4.59. The number of amides is 2. The van der Waals surface area contributed by atoms with Crippen molar-refractivity contribution in [1.82, 2.24) is 20.2 Å². The minimum atomic E-state index is -0.189. The maximum atomic E-state index is 13.2. The van der Waals surface area contributed by atoms with Gasteiger partial charge in [-0.15, -0.1) is 0 Å². The van der Waals surface area contributed by atoms with Crippen LogP contribution in [0.15, 0.2) is 30.6 Å². The molecule has 1 aromatic carbocycles. The fraction of sp³-hybridized carbons (Fsp3) is 0.455. The van der Waals surface area contributed by atoms with Crippen molar-refractivity contribution in [2.24, 2.45) is 0 Å². The van der Waals surface area contributed by atoms with Crippen LogP contribution >= 0.6 is 0 Å². The van der Waals surface area contributed by atoms with Gasteiger partial charge < -0.3 is 10.2 Å². The summed E-state index contributed by atoms with van der Waals surface area (Å²) < 4.78 is 0. The van der Waals surface area contributed by atoms with Gasteiger partial charge in [-0.25, -0.2) is 4.98 Å². The topological polar surface area (TPSA) is 75.2 Å². The molecule has 2 atom stereocenters. The number of piperidine rings is 1. The molecule has 2 unspecified atom stereocenters. The van der Waals surface area contributed by atoms with Crippen LogP contribution in [0.2, 0.25) is 0 Å². The lowest BCUT2D eigenvalue weighted by Gasteiger charge is -2.39. The van der Waals surface area contributed by atoms with Crippen molar-refractivity contribution in [2.45, 2.75) is 64.6 Å². The standard InChI is InChI=1S/C22H26N4O2/c1-13-4-7-19(14(2)8-13)22(28)26-17-5-6-18(26)10-16(9-17)25-21(27)20-12-23-15(3)11-24-20/h4,7-8,11-12,16-18H,5-6,9-10H2,1-3H3,(H,25,27). The zero-order chi connectivity index (χ0) is 19.8. The van der Waals surface area contributed by atoms with Crippen LogP contribution in [0, 0.1) is 20.8 Å². The molecule has 28 heavy (non-hydrogen) atoms. The summed E-state index contributed by atoms with van der Waals surface area (Å²) in [6.07, 6.45) is 6.69. The van der Waals surface area contributed by atoms with Crippen LogP contribution in [0.5, 0.6) is 0 Å². The molecule has 6 nitrogen and oxygen atoms in total. The van der Waals surface area contributed by atoms with Gasteiger partial charge in [-0.2, -0.15) is 0 Å². The number of carbonyl (C=O) groups is 2. The lowest BCUT2D eigenvalue weighted by atomic mass is 9.95. The Morgan fingerprint density at radius 3 is 2.36 bits per heavy atom. The molecule has 2 bridgehead atoms. The van der Waals surface area contributed by atoms with Crippen molar-refractivity contribution in [3.8, 4) is 0 Å². The van der Waals surface area contributed by atoms with E-state index in [0.29, 0.717) is 5.69 Å². The molecule has 1 N–H and O–H groups in total. The van der Waals surface area contributed by atoms with Crippen LogP contribution in [-0.4, -0.2) is 44.8 Å². The number of carbonyl (C=O) groups excluding carboxylic acids is 2. The second-order valence-electron chi connectivity index (χ2n) is 8.10. The number of hydrogen-bond donors (Lipinski definition) is 1. The quantitative estimate of drug-likeness (QED) is 0.891. The van der Waals surface area contributed by atoms with Crippen LogP contribution in [0.3, 0.4) is 0 Å². The van der Waals surface area contributed by atoms with Crippen molar-refractivity contribution < 1.29 is 9.59 Å². The largest absolute Gasteiger partial charge is 0.348 e. The molecule has 0 aliphatic carbocycles. The maximum absolute atomic E-state index is 13.2. The van der Waals surface area contributed by atoms with Gasteiger partial charge in [0.25, 0.3) is 11.8 Å². The van der Waals surface area contributed by atoms with E-state index in [1.165, 1.54) is 6.20 Å². The third kappa shape index (κ3) is 3.51. The summed E-state index contributed by atoms with van der Waals surface area (Å²) in [5.74, 6) is -0.0646. The zero-order valence-corrected chi connectivity index (χ0v) is 16.6. The molecule has 4 rings (SSSR count). The highest BCUT2D eigenvalue weighted by Gasteiger charge is 2.44. The van der Waals surface area contributed by atoms with Gasteiger partial charge in [-0.05, 0) is 58.1 Å². The highest BCUT2D eigenvalue weighted by molar-refractivity contribution is 5.96. The third-order valence-corrected chi connectivity index (χ3v) is 5.93. The summed E-state index contributed by atoms with van der Waals surface area (Å²) in [6, 6.07) is 6.43. The number of fused-ring (bicyclic) bond motifs is 2. The monoisotopic (exact) mass is 378 g/mol. The van der Waals surface area contributed by atoms with Gasteiger partial charge >= 0.3 is 0 Å². The van der Waals surface area contributed by atoms with Crippen molar-refractivity contribution in [2.75, 3.05) is 0 Å². The first-order valence-electron chi connectivity index (χ1n) is 9.92. The van der Waals surface area contributed by atoms with Gasteiger partial charge in [-0.1, -0.05) is 17.7 Å². The molecule has 2 fully saturated rings. The number of aromatic nitrogens is 2. The summed E-state index contributed by atoms with van der Waals surface area (Å²) in [4.78, 5) is 36.0. The lowest BCUT2D eigenvalue weighted by Crippen LogP contribution is -2.52. The van der Waals surface area contributed by atoms with Gasteiger partial charge in [0.1, 0.15) is 5.69 Å². The van der Waals surface area contributed by atoms with Gasteiger partial charge in [-0.3, -0.25) is 14.6 Å². The van der Waals surface area contributed by atoms with Crippen LogP contribution < -0.4 is 5.32 Å². The SMILES string of the molecule is Cc1ccc(C(=O)N2C3CCC2CC(NC(=O)c2cnc(C)cn2)C3)c(C)c1. The molecule has 3 heterocycles. The molecule has 146 valence electrons. The summed E-state index contributed by atoms with van der Waals surface area (Å²) in [7, 11) is 0. The molecule has 2 aromatic rings. The molecule has 1 aromatic heterocycles. The van der Waals surface area contributed by atoms with Gasteiger partial charge in [0.2, 0.25) is 0 Å². The van der Waals surface area contributed by atoms with E-state index in [-0.39, 0.29) is 29.9 Å². The maximum Gasteiger partial charge on any atom is 0.271 e. The Kier molecular flexibility index (Phi) is 4.87. The predicted molar refractivity (Wildman–Crippen MR) is 106 cm³/mol.